The van der Waals surface area contributed by atoms with E-state index < -0.39 is 0 Å². The van der Waals surface area contributed by atoms with Gasteiger partial charge in [0.2, 0.25) is 0 Å². The SMILES string of the molecule is CSc1nc(Cl)cc(N(C)C2CCNCC2)n1.Cl. The molecule has 0 amide bonds. The third kappa shape index (κ3) is 3.88. The average Bonchev–Trinajstić information content (AvgIpc) is 2.38. The number of thioether (sulfide) groups is 1. The minimum absolute atomic E-state index is 0. The molecule has 2 heterocycles. The Kier molecular flexibility index (Phi) is 6.49. The van der Waals surface area contributed by atoms with Crippen LogP contribution in [-0.2, 0) is 0 Å². The minimum atomic E-state index is 0. The molecule has 1 fully saturated rings. The lowest BCUT2D eigenvalue weighted by molar-refractivity contribution is 0.441. The van der Waals surface area contributed by atoms with Crippen LogP contribution in [0.1, 0.15) is 12.8 Å². The third-order valence-electron chi connectivity index (χ3n) is 3.06. The van der Waals surface area contributed by atoms with E-state index in [4.69, 9.17) is 11.6 Å². The maximum atomic E-state index is 6.01. The summed E-state index contributed by atoms with van der Waals surface area (Å²) in [5.74, 6) is 0.918. The highest BCUT2D eigenvalue weighted by Gasteiger charge is 2.19. The van der Waals surface area contributed by atoms with Crippen molar-refractivity contribution in [3.05, 3.63) is 11.2 Å². The zero-order valence-electron chi connectivity index (χ0n) is 10.5. The summed E-state index contributed by atoms with van der Waals surface area (Å²) in [6.45, 7) is 2.15. The molecule has 1 aliphatic rings. The number of hydrogen-bond acceptors (Lipinski definition) is 5. The Morgan fingerprint density at radius 3 is 2.67 bits per heavy atom. The fourth-order valence-electron chi connectivity index (χ4n) is 2.04. The summed E-state index contributed by atoms with van der Waals surface area (Å²) < 4.78 is 0. The summed E-state index contributed by atoms with van der Waals surface area (Å²) in [5, 5.41) is 4.61. The monoisotopic (exact) mass is 308 g/mol. The van der Waals surface area contributed by atoms with Gasteiger partial charge in [0.25, 0.3) is 0 Å². The van der Waals surface area contributed by atoms with Gasteiger partial charge in [0.15, 0.2) is 5.16 Å². The second-order valence-corrected chi connectivity index (χ2v) is 5.29. The van der Waals surface area contributed by atoms with E-state index in [1.807, 2.05) is 12.3 Å². The highest BCUT2D eigenvalue weighted by atomic mass is 35.5. The van der Waals surface area contributed by atoms with Crippen molar-refractivity contribution in [2.24, 2.45) is 0 Å². The van der Waals surface area contributed by atoms with Crippen LogP contribution in [0.5, 0.6) is 0 Å². The summed E-state index contributed by atoms with van der Waals surface area (Å²) >= 11 is 7.52. The van der Waals surface area contributed by atoms with Gasteiger partial charge in [-0.3, -0.25) is 0 Å². The lowest BCUT2D eigenvalue weighted by Crippen LogP contribution is -2.41. The van der Waals surface area contributed by atoms with E-state index in [9.17, 15) is 0 Å². The summed E-state index contributed by atoms with van der Waals surface area (Å²) in [7, 11) is 2.08. The molecule has 0 aromatic carbocycles. The first-order chi connectivity index (χ1) is 8.20. The van der Waals surface area contributed by atoms with E-state index in [-0.39, 0.29) is 12.4 Å². The molecule has 0 bridgehead atoms. The number of nitrogens with one attached hydrogen (secondary N) is 1. The van der Waals surface area contributed by atoms with Crippen LogP contribution in [0.3, 0.4) is 0 Å². The molecule has 1 N–H and O–H groups in total. The molecule has 1 saturated heterocycles. The van der Waals surface area contributed by atoms with Crippen molar-refractivity contribution in [2.45, 2.75) is 24.0 Å². The van der Waals surface area contributed by atoms with Gasteiger partial charge < -0.3 is 10.2 Å². The maximum Gasteiger partial charge on any atom is 0.190 e. The first-order valence-corrected chi connectivity index (χ1v) is 7.33. The van der Waals surface area contributed by atoms with Crippen molar-refractivity contribution in [1.82, 2.24) is 15.3 Å². The lowest BCUT2D eigenvalue weighted by atomic mass is 10.1. The fraction of sp³-hybridized carbons (Fsp3) is 0.636. The first kappa shape index (κ1) is 15.8. The zero-order valence-corrected chi connectivity index (χ0v) is 12.9. The summed E-state index contributed by atoms with van der Waals surface area (Å²) in [4.78, 5) is 10.9. The van der Waals surface area contributed by atoms with Crippen molar-refractivity contribution in [1.29, 1.82) is 0 Å². The van der Waals surface area contributed by atoms with E-state index in [1.54, 1.807) is 0 Å². The van der Waals surface area contributed by atoms with E-state index >= 15 is 0 Å². The molecule has 102 valence electrons. The predicted molar refractivity (Wildman–Crippen MR) is 80.4 cm³/mol. The Balaban J connectivity index is 0.00000162. The van der Waals surface area contributed by atoms with E-state index in [2.05, 4.69) is 27.2 Å². The first-order valence-electron chi connectivity index (χ1n) is 5.73. The van der Waals surface area contributed by atoms with Gasteiger partial charge >= 0.3 is 0 Å². The number of halogens is 2. The molecule has 1 aliphatic heterocycles. The smallest absolute Gasteiger partial charge is 0.190 e. The van der Waals surface area contributed by atoms with Crippen LogP contribution in [0.25, 0.3) is 0 Å². The molecule has 0 aliphatic carbocycles. The van der Waals surface area contributed by atoms with Crippen LogP contribution in [-0.4, -0.2) is 42.4 Å². The third-order valence-corrected chi connectivity index (χ3v) is 3.80. The Morgan fingerprint density at radius 2 is 2.06 bits per heavy atom. The average molecular weight is 309 g/mol. The van der Waals surface area contributed by atoms with E-state index in [1.165, 1.54) is 11.8 Å². The highest BCUT2D eigenvalue weighted by molar-refractivity contribution is 7.98. The fourth-order valence-corrected chi connectivity index (χ4v) is 2.64. The van der Waals surface area contributed by atoms with Gasteiger partial charge in [-0.2, -0.15) is 0 Å². The van der Waals surface area contributed by atoms with Crippen LogP contribution < -0.4 is 10.2 Å². The molecule has 0 spiro atoms. The molecule has 1 aromatic rings. The van der Waals surface area contributed by atoms with Crippen LogP contribution in [0.4, 0.5) is 5.82 Å². The lowest BCUT2D eigenvalue weighted by Gasteiger charge is -2.32. The predicted octanol–water partition coefficient (Wildman–Crippen LogP) is 2.46. The van der Waals surface area contributed by atoms with Crippen molar-refractivity contribution in [3.8, 4) is 0 Å². The molecule has 0 saturated carbocycles. The molecule has 0 radical (unpaired) electrons. The van der Waals surface area contributed by atoms with Crippen molar-refractivity contribution in [2.75, 3.05) is 31.3 Å². The molecule has 1 aromatic heterocycles. The largest absolute Gasteiger partial charge is 0.356 e. The van der Waals surface area contributed by atoms with Gasteiger partial charge in [-0.25, -0.2) is 9.97 Å². The van der Waals surface area contributed by atoms with Crippen LogP contribution >= 0.6 is 35.8 Å². The Labute approximate surface area is 123 Å². The molecule has 0 atom stereocenters. The van der Waals surface area contributed by atoms with Crippen LogP contribution in [0.15, 0.2) is 11.2 Å². The number of hydrogen-bond donors (Lipinski definition) is 1. The zero-order chi connectivity index (χ0) is 12.3. The Bertz CT molecular complexity index is 385. The Morgan fingerprint density at radius 1 is 1.39 bits per heavy atom. The van der Waals surface area contributed by atoms with Gasteiger partial charge in [0, 0.05) is 19.2 Å². The van der Waals surface area contributed by atoms with E-state index in [0.717, 1.165) is 36.9 Å². The van der Waals surface area contributed by atoms with Crippen LogP contribution in [0, 0.1) is 0 Å². The second kappa shape index (κ2) is 7.38. The molecular formula is C11H18Cl2N4S. The Hall–Kier alpha value is -0.230. The van der Waals surface area contributed by atoms with Gasteiger partial charge in [-0.1, -0.05) is 23.4 Å². The van der Waals surface area contributed by atoms with Crippen molar-refractivity contribution >= 4 is 41.6 Å². The summed E-state index contributed by atoms with van der Waals surface area (Å²) in [6, 6.07) is 2.38. The molecular weight excluding hydrogens is 291 g/mol. The topological polar surface area (TPSA) is 41.1 Å². The number of piperidine rings is 1. The molecule has 18 heavy (non-hydrogen) atoms. The van der Waals surface area contributed by atoms with Gasteiger partial charge in [-0.05, 0) is 32.2 Å². The highest BCUT2D eigenvalue weighted by Crippen LogP contribution is 2.23. The maximum absolute atomic E-state index is 6.01. The number of aromatic nitrogens is 2. The second-order valence-electron chi connectivity index (χ2n) is 4.13. The normalized spacial score (nSPS) is 16.2. The molecule has 2 rings (SSSR count). The van der Waals surface area contributed by atoms with Crippen LogP contribution in [0.2, 0.25) is 5.15 Å². The van der Waals surface area contributed by atoms with E-state index in [0.29, 0.717) is 11.2 Å². The van der Waals surface area contributed by atoms with Gasteiger partial charge in [0.05, 0.1) is 0 Å². The molecule has 7 heteroatoms. The number of rotatable bonds is 3. The summed E-state index contributed by atoms with van der Waals surface area (Å²) in [6.07, 6.45) is 4.25. The minimum Gasteiger partial charge on any atom is -0.356 e. The standard InChI is InChI=1S/C11H17ClN4S.ClH/c1-16(8-3-5-13-6-4-8)10-7-9(12)14-11(15-10)17-2;/h7-8,13H,3-6H2,1-2H3;1H. The number of anilines is 1. The van der Waals surface area contributed by atoms with Gasteiger partial charge in [-0.15, -0.1) is 12.4 Å². The quantitative estimate of drug-likeness (QED) is 0.528. The molecule has 0 unspecified atom stereocenters. The van der Waals surface area contributed by atoms with Gasteiger partial charge in [0.1, 0.15) is 11.0 Å². The number of nitrogens with zero attached hydrogens (tertiary/aromatic N) is 3. The molecule has 4 nitrogen and oxygen atoms in total. The van der Waals surface area contributed by atoms with Crippen molar-refractivity contribution in [3.63, 3.8) is 0 Å². The van der Waals surface area contributed by atoms with Crippen molar-refractivity contribution < 1.29 is 0 Å². The summed E-state index contributed by atoms with van der Waals surface area (Å²) in [5.41, 5.74) is 0.